The van der Waals surface area contributed by atoms with Crippen LogP contribution in [0.15, 0.2) is 41.3 Å². The van der Waals surface area contributed by atoms with E-state index in [-0.39, 0.29) is 0 Å². The van der Waals surface area contributed by atoms with Gasteiger partial charge in [0.05, 0.1) is 0 Å². The summed E-state index contributed by atoms with van der Waals surface area (Å²) in [6.45, 7) is 2.92. The van der Waals surface area contributed by atoms with Gasteiger partial charge in [-0.2, -0.15) is 0 Å². The van der Waals surface area contributed by atoms with Crippen molar-refractivity contribution >= 4 is 39.1 Å². The number of nitrogens with one attached hydrogen (secondary N) is 1. The van der Waals surface area contributed by atoms with Gasteiger partial charge >= 0.3 is 0 Å². The maximum Gasteiger partial charge on any atom is 0.134 e. The highest BCUT2D eigenvalue weighted by molar-refractivity contribution is 7.98. The molecule has 0 unspecified atom stereocenters. The fourth-order valence-electron chi connectivity index (χ4n) is 2.13. The maximum atomic E-state index is 9.92. The summed E-state index contributed by atoms with van der Waals surface area (Å²) in [5.74, 6) is 1.08. The molecule has 2 aromatic carbocycles. The average Bonchev–Trinajstić information content (AvgIpc) is 2.95. The van der Waals surface area contributed by atoms with Gasteiger partial charge in [-0.1, -0.05) is 28.8 Å². The molecule has 108 valence electrons. The molecule has 0 saturated carbocycles. The monoisotopic (exact) mass is 317 g/mol. The van der Waals surface area contributed by atoms with Gasteiger partial charge in [-0.3, -0.25) is 0 Å². The fraction of sp³-hybridized carbons (Fsp3) is 0.200. The van der Waals surface area contributed by atoms with E-state index >= 15 is 0 Å². The van der Waals surface area contributed by atoms with Gasteiger partial charge in [0, 0.05) is 34.1 Å². The molecule has 0 aliphatic heterocycles. The van der Waals surface area contributed by atoms with Gasteiger partial charge in [0.15, 0.2) is 0 Å². The Kier molecular flexibility index (Phi) is 4.26. The Bertz CT molecular complexity index is 758. The molecule has 0 fully saturated rings. The zero-order valence-corrected chi connectivity index (χ0v) is 13.2. The quantitative estimate of drug-likeness (QED) is 0.693. The van der Waals surface area contributed by atoms with E-state index in [1.165, 1.54) is 11.5 Å². The number of benzene rings is 2. The van der Waals surface area contributed by atoms with E-state index < -0.39 is 0 Å². The molecular formula is C15H15N3OS2. The minimum absolute atomic E-state index is 0.318. The van der Waals surface area contributed by atoms with E-state index in [2.05, 4.69) is 21.8 Å². The van der Waals surface area contributed by atoms with E-state index in [0.29, 0.717) is 5.75 Å². The number of hydrogen-bond acceptors (Lipinski definition) is 6. The molecule has 0 atom stereocenters. The zero-order valence-electron chi connectivity index (χ0n) is 11.5. The summed E-state index contributed by atoms with van der Waals surface area (Å²) in [6, 6.07) is 11.6. The second-order valence-corrected chi connectivity index (χ2v) is 6.27. The first-order valence-electron chi connectivity index (χ1n) is 6.68. The molecule has 2 N–H and O–H groups in total. The van der Waals surface area contributed by atoms with Crippen LogP contribution in [0.2, 0.25) is 0 Å². The van der Waals surface area contributed by atoms with Crippen LogP contribution in [-0.2, 0) is 5.75 Å². The molecule has 0 aliphatic rings. The maximum absolute atomic E-state index is 9.92. The first-order valence-corrected chi connectivity index (χ1v) is 8.44. The Morgan fingerprint density at radius 1 is 1.19 bits per heavy atom. The van der Waals surface area contributed by atoms with Crippen molar-refractivity contribution < 1.29 is 5.11 Å². The van der Waals surface area contributed by atoms with Gasteiger partial charge in [0.1, 0.15) is 16.4 Å². The van der Waals surface area contributed by atoms with E-state index in [1.54, 1.807) is 17.8 Å². The second kappa shape index (κ2) is 6.32. The molecule has 0 spiro atoms. The molecule has 0 aliphatic carbocycles. The van der Waals surface area contributed by atoms with Crippen LogP contribution in [0.4, 0.5) is 5.00 Å². The van der Waals surface area contributed by atoms with Crippen LogP contribution in [0.5, 0.6) is 5.75 Å². The smallest absolute Gasteiger partial charge is 0.134 e. The topological polar surface area (TPSA) is 58.0 Å². The van der Waals surface area contributed by atoms with E-state index in [1.807, 2.05) is 30.3 Å². The van der Waals surface area contributed by atoms with Gasteiger partial charge in [-0.15, -0.1) is 16.9 Å². The van der Waals surface area contributed by atoms with E-state index in [0.717, 1.165) is 38.7 Å². The lowest BCUT2D eigenvalue weighted by Crippen LogP contribution is -1.97. The molecule has 0 bridgehead atoms. The highest BCUT2D eigenvalue weighted by Gasteiger charge is 2.10. The molecule has 4 nitrogen and oxygen atoms in total. The summed E-state index contributed by atoms with van der Waals surface area (Å²) in [5.41, 5.74) is 0.976. The number of aromatic hydroxyl groups is 1. The van der Waals surface area contributed by atoms with Crippen molar-refractivity contribution in [1.29, 1.82) is 0 Å². The highest BCUT2D eigenvalue weighted by Crippen LogP contribution is 2.35. The number of rotatable bonds is 5. The lowest BCUT2D eigenvalue weighted by molar-refractivity contribution is 0.481. The average molecular weight is 317 g/mol. The summed E-state index contributed by atoms with van der Waals surface area (Å²) < 4.78 is 4.01. The highest BCUT2D eigenvalue weighted by atomic mass is 32.2. The Morgan fingerprint density at radius 3 is 2.81 bits per heavy atom. The number of aromatic nitrogens is 2. The van der Waals surface area contributed by atoms with Gasteiger partial charge < -0.3 is 10.4 Å². The van der Waals surface area contributed by atoms with Crippen LogP contribution in [0, 0.1) is 0 Å². The van der Waals surface area contributed by atoms with E-state index in [9.17, 15) is 5.11 Å². The third-order valence-corrected chi connectivity index (χ3v) is 4.93. The SMILES string of the molecule is CCNc1snnc1CSc1ccc(O)c2ccccc12. The fourth-order valence-corrected chi connectivity index (χ4v) is 3.86. The number of fused-ring (bicyclic) bond motifs is 1. The van der Waals surface area contributed by atoms with Crippen molar-refractivity contribution in [3.05, 3.63) is 42.1 Å². The number of phenolic OH excluding ortho intramolecular Hbond substituents is 1. The van der Waals surface area contributed by atoms with Gasteiger partial charge in [-0.25, -0.2) is 0 Å². The summed E-state index contributed by atoms with van der Waals surface area (Å²) in [4.78, 5) is 1.14. The van der Waals surface area contributed by atoms with Gasteiger partial charge in [-0.05, 0) is 24.4 Å². The third kappa shape index (κ3) is 2.96. The normalized spacial score (nSPS) is 10.9. The summed E-state index contributed by atoms with van der Waals surface area (Å²) in [7, 11) is 0. The molecular weight excluding hydrogens is 302 g/mol. The zero-order chi connectivity index (χ0) is 14.7. The van der Waals surface area contributed by atoms with Crippen LogP contribution >= 0.6 is 23.3 Å². The summed E-state index contributed by atoms with van der Waals surface area (Å²) >= 11 is 3.10. The third-order valence-electron chi connectivity index (χ3n) is 3.12. The van der Waals surface area contributed by atoms with Crippen LogP contribution in [-0.4, -0.2) is 21.2 Å². The van der Waals surface area contributed by atoms with Gasteiger partial charge in [0.2, 0.25) is 0 Å². The molecule has 21 heavy (non-hydrogen) atoms. The van der Waals surface area contributed by atoms with Crippen molar-refractivity contribution in [2.45, 2.75) is 17.6 Å². The number of thioether (sulfide) groups is 1. The molecule has 1 aromatic heterocycles. The minimum atomic E-state index is 0.318. The number of hydrogen-bond donors (Lipinski definition) is 2. The second-order valence-electron chi connectivity index (χ2n) is 4.50. The largest absolute Gasteiger partial charge is 0.507 e. The first kappa shape index (κ1) is 14.2. The standard InChI is InChI=1S/C15H15N3OS2/c1-2-16-15-12(17-18-21-15)9-20-14-8-7-13(19)10-5-3-4-6-11(10)14/h3-8,16,19H,2,9H2,1H3. The Balaban J connectivity index is 1.85. The Hall–Kier alpha value is -1.79. The first-order chi connectivity index (χ1) is 10.3. The molecule has 3 aromatic rings. The van der Waals surface area contributed by atoms with Crippen LogP contribution < -0.4 is 5.32 Å². The van der Waals surface area contributed by atoms with Crippen LogP contribution in [0.1, 0.15) is 12.6 Å². The molecule has 6 heteroatoms. The Labute approximate surface area is 131 Å². The molecule has 0 amide bonds. The molecule has 0 saturated heterocycles. The molecule has 3 rings (SSSR count). The minimum Gasteiger partial charge on any atom is -0.507 e. The summed E-state index contributed by atoms with van der Waals surface area (Å²) in [6.07, 6.45) is 0. The summed E-state index contributed by atoms with van der Waals surface area (Å²) in [5, 5.41) is 20.4. The molecule has 0 radical (unpaired) electrons. The Morgan fingerprint density at radius 2 is 2.00 bits per heavy atom. The lowest BCUT2D eigenvalue weighted by atomic mass is 10.1. The van der Waals surface area contributed by atoms with Gasteiger partial charge in [0.25, 0.3) is 0 Å². The lowest BCUT2D eigenvalue weighted by Gasteiger charge is -2.07. The van der Waals surface area contributed by atoms with Crippen molar-refractivity contribution in [2.75, 3.05) is 11.9 Å². The van der Waals surface area contributed by atoms with Crippen molar-refractivity contribution in [1.82, 2.24) is 9.59 Å². The van der Waals surface area contributed by atoms with Crippen molar-refractivity contribution in [2.24, 2.45) is 0 Å². The predicted octanol–water partition coefficient (Wildman–Crippen LogP) is 4.12. The van der Waals surface area contributed by atoms with Crippen molar-refractivity contribution in [3.8, 4) is 5.75 Å². The number of nitrogens with zero attached hydrogens (tertiary/aromatic N) is 2. The number of anilines is 1. The predicted molar refractivity (Wildman–Crippen MR) is 89.2 cm³/mol. The van der Waals surface area contributed by atoms with E-state index in [4.69, 9.17) is 0 Å². The number of phenols is 1. The van der Waals surface area contributed by atoms with Crippen LogP contribution in [0.3, 0.4) is 0 Å². The molecule has 1 heterocycles. The van der Waals surface area contributed by atoms with Crippen LogP contribution in [0.25, 0.3) is 10.8 Å². The van der Waals surface area contributed by atoms with Crippen molar-refractivity contribution in [3.63, 3.8) is 0 Å².